The van der Waals surface area contributed by atoms with Gasteiger partial charge < -0.3 is 9.29 Å². The molecule has 122 valence electrons. The van der Waals surface area contributed by atoms with Crippen molar-refractivity contribution in [3.8, 4) is 11.5 Å². The average Bonchev–Trinajstić information content (AvgIpc) is 2.57. The fraction of sp³-hybridized carbons (Fsp3) is 0.176. The third-order valence-electron chi connectivity index (χ3n) is 3.83. The van der Waals surface area contributed by atoms with Crippen LogP contribution in [0.25, 0.3) is 16.0 Å². The van der Waals surface area contributed by atoms with Crippen LogP contribution in [0.4, 0.5) is 5.69 Å². The summed E-state index contributed by atoms with van der Waals surface area (Å²) < 4.78 is 30.4. The molecule has 0 amide bonds. The maximum Gasteiger partial charge on any atom is 0.378 e. The van der Waals surface area contributed by atoms with E-state index in [0.29, 0.717) is 11.6 Å². The summed E-state index contributed by atoms with van der Waals surface area (Å²) in [7, 11) is -4.03. The number of hydrogen-bond donors (Lipinski definition) is 0. The molecular weight excluding hydrogens is 328 g/mol. The van der Waals surface area contributed by atoms with Crippen LogP contribution in [0.1, 0.15) is 18.4 Å². The lowest BCUT2D eigenvalue weighted by atomic mass is 10.1. The number of aryl methyl sites for hydroxylation is 1. The molecule has 24 heavy (non-hydrogen) atoms. The molecule has 0 radical (unpaired) electrons. The molecule has 6 nitrogen and oxygen atoms in total. The van der Waals surface area contributed by atoms with Gasteiger partial charge in [0.2, 0.25) is 5.39 Å². The first-order valence-corrected chi connectivity index (χ1v) is 8.73. The molecule has 0 N–H and O–H groups in total. The molecule has 2 aromatic carbocycles. The van der Waals surface area contributed by atoms with E-state index in [1.807, 2.05) is 6.92 Å². The van der Waals surface area contributed by atoms with Crippen LogP contribution in [-0.2, 0) is 10.1 Å². The van der Waals surface area contributed by atoms with Gasteiger partial charge in [-0.25, -0.2) is 0 Å². The van der Waals surface area contributed by atoms with Crippen LogP contribution in [0, 0.1) is 12.3 Å². The van der Waals surface area contributed by atoms with Crippen molar-refractivity contribution in [2.75, 3.05) is 0 Å². The predicted molar refractivity (Wildman–Crippen MR) is 87.7 cm³/mol. The van der Waals surface area contributed by atoms with Crippen molar-refractivity contribution in [2.45, 2.75) is 19.8 Å². The van der Waals surface area contributed by atoms with E-state index in [1.54, 1.807) is 30.3 Å². The monoisotopic (exact) mass is 342 g/mol. The minimum absolute atomic E-state index is 0.0576. The smallest absolute Gasteiger partial charge is 0.378 e. The highest BCUT2D eigenvalue weighted by molar-refractivity contribution is 7.96. The summed E-state index contributed by atoms with van der Waals surface area (Å²) in [4.78, 5) is 2.98. The van der Waals surface area contributed by atoms with Gasteiger partial charge in [0.05, 0.1) is 4.91 Å². The molecular formula is C17H14N2O4S. The van der Waals surface area contributed by atoms with Crippen molar-refractivity contribution in [3.05, 3.63) is 57.4 Å². The van der Waals surface area contributed by atoms with Crippen LogP contribution >= 0.6 is 0 Å². The second kappa shape index (κ2) is 5.98. The molecule has 0 aliphatic heterocycles. The second-order valence-electron chi connectivity index (χ2n) is 5.49. The first-order chi connectivity index (χ1) is 11.4. The van der Waals surface area contributed by atoms with Crippen LogP contribution in [-0.4, -0.2) is 8.42 Å². The maximum absolute atomic E-state index is 12.6. The number of diazo groups is 1. The topological polar surface area (TPSA) is 94.6 Å². The first-order valence-electron chi connectivity index (χ1n) is 7.32. The van der Waals surface area contributed by atoms with Crippen molar-refractivity contribution in [1.29, 1.82) is 5.39 Å². The molecule has 0 bridgehead atoms. The summed E-state index contributed by atoms with van der Waals surface area (Å²) in [5.41, 5.74) is 0.865. The van der Waals surface area contributed by atoms with E-state index in [4.69, 9.17) is 9.58 Å². The Hall–Kier alpha value is -2.85. The van der Waals surface area contributed by atoms with Gasteiger partial charge in [0, 0.05) is 6.07 Å². The highest BCUT2D eigenvalue weighted by Crippen LogP contribution is 2.24. The van der Waals surface area contributed by atoms with Crippen molar-refractivity contribution >= 4 is 26.8 Å². The fourth-order valence-electron chi connectivity index (χ4n) is 2.63. The van der Waals surface area contributed by atoms with Gasteiger partial charge in [-0.05, 0) is 54.2 Å². The average molecular weight is 342 g/mol. The minimum Gasteiger partial charge on any atom is -0.867 e. The van der Waals surface area contributed by atoms with Crippen LogP contribution in [0.3, 0.4) is 0 Å². The van der Waals surface area contributed by atoms with Gasteiger partial charge in [0.1, 0.15) is 5.75 Å². The van der Waals surface area contributed by atoms with E-state index in [9.17, 15) is 13.5 Å². The molecule has 0 heterocycles. The van der Waals surface area contributed by atoms with Crippen LogP contribution in [0.15, 0.2) is 36.4 Å². The quantitative estimate of drug-likeness (QED) is 0.624. The zero-order valence-corrected chi connectivity index (χ0v) is 13.7. The third-order valence-corrected chi connectivity index (χ3v) is 5.27. The summed E-state index contributed by atoms with van der Waals surface area (Å²) in [5, 5.41) is 21.5. The van der Waals surface area contributed by atoms with Crippen molar-refractivity contribution < 1.29 is 17.7 Å². The molecule has 0 fully saturated rings. The van der Waals surface area contributed by atoms with Crippen LogP contribution in [0.5, 0.6) is 11.5 Å². The van der Waals surface area contributed by atoms with Gasteiger partial charge in [0.25, 0.3) is 0 Å². The lowest BCUT2D eigenvalue weighted by Crippen LogP contribution is -2.35. The Morgan fingerprint density at radius 2 is 1.88 bits per heavy atom. The zero-order valence-electron chi connectivity index (χ0n) is 12.9. The number of rotatable bonds is 3. The summed E-state index contributed by atoms with van der Waals surface area (Å²) in [5.74, 6) is -0.286. The fourth-order valence-corrected chi connectivity index (χ4v) is 3.91. The van der Waals surface area contributed by atoms with E-state index in [-0.39, 0.29) is 28.0 Å². The standard InChI is InChI=1S/C17H14N2O4S/c1-11-5-7-12(8-6-11)23-24(21,22)16-4-2-3-14-13(16)9-10-15(19-18)17(14)20/h3,5-10H,2,4H2,1H3. The Bertz CT molecular complexity index is 1070. The van der Waals surface area contributed by atoms with Crippen molar-refractivity contribution in [1.82, 2.24) is 0 Å². The molecule has 1 aliphatic carbocycles. The van der Waals surface area contributed by atoms with Crippen molar-refractivity contribution in [3.63, 3.8) is 0 Å². The summed E-state index contributed by atoms with van der Waals surface area (Å²) in [6.45, 7) is 1.89. The SMILES string of the molecule is Cc1ccc(OS(=O)(=O)C2=c3ccc([N+]#N)c([O-])c3=CCC2)cc1. The predicted octanol–water partition coefficient (Wildman–Crippen LogP) is 1.64. The highest BCUT2D eigenvalue weighted by atomic mass is 32.2. The van der Waals surface area contributed by atoms with Gasteiger partial charge in [-0.1, -0.05) is 23.8 Å². The Labute approximate surface area is 139 Å². The largest absolute Gasteiger partial charge is 0.867 e. The number of fused-ring (bicyclic) bond motifs is 1. The van der Waals surface area contributed by atoms with Gasteiger partial charge in [-0.3, -0.25) is 0 Å². The second-order valence-corrected chi connectivity index (χ2v) is 7.06. The molecule has 1 aliphatic rings. The Morgan fingerprint density at radius 3 is 2.54 bits per heavy atom. The summed E-state index contributed by atoms with van der Waals surface area (Å²) in [6, 6.07) is 9.42. The van der Waals surface area contributed by atoms with Gasteiger partial charge in [-0.2, -0.15) is 8.42 Å². The number of nitrogens with zero attached hydrogens (tertiary/aromatic N) is 2. The van der Waals surface area contributed by atoms with E-state index in [0.717, 1.165) is 5.56 Å². The van der Waals surface area contributed by atoms with E-state index < -0.39 is 15.9 Å². The maximum atomic E-state index is 12.6. The Kier molecular flexibility index (Phi) is 3.99. The molecule has 0 saturated carbocycles. The van der Waals surface area contributed by atoms with E-state index in [1.165, 1.54) is 12.1 Å². The van der Waals surface area contributed by atoms with E-state index >= 15 is 0 Å². The molecule has 7 heteroatoms. The molecule has 0 unspecified atom stereocenters. The number of hydrogen-bond acceptors (Lipinski definition) is 5. The number of benzene rings is 2. The molecule has 0 saturated heterocycles. The van der Waals surface area contributed by atoms with Crippen LogP contribution < -0.4 is 19.7 Å². The molecule has 3 rings (SSSR count). The highest BCUT2D eigenvalue weighted by Gasteiger charge is 2.24. The van der Waals surface area contributed by atoms with Gasteiger partial charge >= 0.3 is 15.8 Å². The zero-order chi connectivity index (χ0) is 17.3. The van der Waals surface area contributed by atoms with Crippen molar-refractivity contribution in [2.24, 2.45) is 0 Å². The molecule has 0 spiro atoms. The van der Waals surface area contributed by atoms with Gasteiger partial charge in [-0.15, -0.1) is 0 Å². The lowest BCUT2D eigenvalue weighted by Gasteiger charge is -2.15. The molecule has 2 aromatic rings. The summed E-state index contributed by atoms with van der Waals surface area (Å²) >= 11 is 0. The van der Waals surface area contributed by atoms with Crippen LogP contribution in [0.2, 0.25) is 0 Å². The summed E-state index contributed by atoms with van der Waals surface area (Å²) in [6.07, 6.45) is 2.29. The normalized spacial score (nSPS) is 13.6. The Morgan fingerprint density at radius 1 is 1.17 bits per heavy atom. The molecule has 0 atom stereocenters. The van der Waals surface area contributed by atoms with E-state index in [2.05, 4.69) is 4.98 Å². The minimum atomic E-state index is -4.03. The lowest BCUT2D eigenvalue weighted by molar-refractivity contribution is -0.268. The first kappa shape index (κ1) is 16.0. The Balaban J connectivity index is 2.15. The third kappa shape index (κ3) is 2.84. The molecule has 0 aromatic heterocycles. The van der Waals surface area contributed by atoms with Gasteiger partial charge in [0.15, 0.2) is 4.98 Å².